The Morgan fingerprint density at radius 2 is 2.30 bits per heavy atom. The van der Waals surface area contributed by atoms with Gasteiger partial charge in [0.1, 0.15) is 11.5 Å². The highest BCUT2D eigenvalue weighted by molar-refractivity contribution is 5.93. The second-order valence-electron chi connectivity index (χ2n) is 5.50. The SMILES string of the molecule is CCNc1cccc(C(=O)N2CCCC2CN(C)C)n1. The van der Waals surface area contributed by atoms with Crippen LogP contribution in [-0.4, -0.2) is 60.5 Å². The van der Waals surface area contributed by atoms with E-state index in [0.717, 1.165) is 38.3 Å². The molecule has 20 heavy (non-hydrogen) atoms. The van der Waals surface area contributed by atoms with Crippen molar-refractivity contribution in [2.24, 2.45) is 0 Å². The zero-order chi connectivity index (χ0) is 14.5. The monoisotopic (exact) mass is 276 g/mol. The Hall–Kier alpha value is -1.62. The number of amides is 1. The van der Waals surface area contributed by atoms with Crippen LogP contribution in [0.15, 0.2) is 18.2 Å². The van der Waals surface area contributed by atoms with E-state index in [2.05, 4.69) is 15.2 Å². The average molecular weight is 276 g/mol. The number of nitrogens with zero attached hydrogens (tertiary/aromatic N) is 3. The van der Waals surface area contributed by atoms with Gasteiger partial charge in [0.25, 0.3) is 5.91 Å². The molecular formula is C15H24N4O. The van der Waals surface area contributed by atoms with Crippen molar-refractivity contribution < 1.29 is 4.79 Å². The number of carbonyl (C=O) groups excluding carboxylic acids is 1. The van der Waals surface area contributed by atoms with Gasteiger partial charge >= 0.3 is 0 Å². The maximum Gasteiger partial charge on any atom is 0.272 e. The molecule has 1 N–H and O–H groups in total. The third-order valence-electron chi connectivity index (χ3n) is 3.54. The summed E-state index contributed by atoms with van der Waals surface area (Å²) in [6, 6.07) is 5.88. The molecule has 1 aromatic heterocycles. The van der Waals surface area contributed by atoms with Gasteiger partial charge < -0.3 is 15.1 Å². The first-order valence-electron chi connectivity index (χ1n) is 7.28. The second kappa shape index (κ2) is 6.70. The lowest BCUT2D eigenvalue weighted by molar-refractivity contribution is 0.0710. The van der Waals surface area contributed by atoms with E-state index in [-0.39, 0.29) is 5.91 Å². The van der Waals surface area contributed by atoms with E-state index in [1.165, 1.54) is 0 Å². The van der Waals surface area contributed by atoms with Crippen LogP contribution in [0.4, 0.5) is 5.82 Å². The van der Waals surface area contributed by atoms with Crippen molar-refractivity contribution in [2.75, 3.05) is 39.0 Å². The first-order valence-corrected chi connectivity index (χ1v) is 7.28. The van der Waals surface area contributed by atoms with Gasteiger partial charge in [-0.05, 0) is 46.0 Å². The van der Waals surface area contributed by atoms with E-state index in [4.69, 9.17) is 0 Å². The van der Waals surface area contributed by atoms with Gasteiger partial charge in [0.05, 0.1) is 0 Å². The summed E-state index contributed by atoms with van der Waals surface area (Å²) in [4.78, 5) is 21.1. The number of hydrogen-bond donors (Lipinski definition) is 1. The van der Waals surface area contributed by atoms with Crippen molar-refractivity contribution in [2.45, 2.75) is 25.8 Å². The van der Waals surface area contributed by atoms with Crippen LogP contribution in [0.25, 0.3) is 0 Å². The van der Waals surface area contributed by atoms with Crippen LogP contribution in [0.5, 0.6) is 0 Å². The molecule has 0 spiro atoms. The standard InChI is InChI=1S/C15H24N4O/c1-4-16-14-9-5-8-13(17-14)15(20)19-10-6-7-12(19)11-18(2)3/h5,8-9,12H,4,6-7,10-11H2,1-3H3,(H,16,17). The molecule has 1 fully saturated rings. The van der Waals surface area contributed by atoms with E-state index < -0.39 is 0 Å². The summed E-state index contributed by atoms with van der Waals surface area (Å²) in [5.41, 5.74) is 0.536. The number of anilines is 1. The molecule has 110 valence electrons. The van der Waals surface area contributed by atoms with Gasteiger partial charge in [-0.15, -0.1) is 0 Å². The molecule has 1 aromatic rings. The molecule has 1 saturated heterocycles. The maximum atomic E-state index is 12.6. The van der Waals surface area contributed by atoms with Gasteiger partial charge in [-0.1, -0.05) is 6.07 Å². The Balaban J connectivity index is 2.11. The fourth-order valence-electron chi connectivity index (χ4n) is 2.69. The topological polar surface area (TPSA) is 48.5 Å². The fourth-order valence-corrected chi connectivity index (χ4v) is 2.69. The Labute approximate surface area is 121 Å². The highest BCUT2D eigenvalue weighted by Crippen LogP contribution is 2.20. The lowest BCUT2D eigenvalue weighted by Gasteiger charge is -2.27. The Morgan fingerprint density at radius 1 is 1.50 bits per heavy atom. The van der Waals surface area contributed by atoms with Crippen LogP contribution in [0.3, 0.4) is 0 Å². The third kappa shape index (κ3) is 3.48. The van der Waals surface area contributed by atoms with E-state index in [9.17, 15) is 4.79 Å². The fraction of sp³-hybridized carbons (Fsp3) is 0.600. The number of pyridine rings is 1. The number of likely N-dealkylation sites (N-methyl/N-ethyl adjacent to an activating group) is 1. The van der Waals surface area contributed by atoms with Crippen molar-refractivity contribution >= 4 is 11.7 Å². The summed E-state index contributed by atoms with van der Waals surface area (Å²) < 4.78 is 0. The molecule has 2 rings (SSSR count). The number of rotatable bonds is 5. The van der Waals surface area contributed by atoms with Gasteiger partial charge in [-0.2, -0.15) is 0 Å². The van der Waals surface area contributed by atoms with Crippen molar-refractivity contribution in [3.05, 3.63) is 23.9 Å². The quantitative estimate of drug-likeness (QED) is 0.889. The smallest absolute Gasteiger partial charge is 0.272 e. The molecule has 0 aliphatic carbocycles. The Morgan fingerprint density at radius 3 is 3.00 bits per heavy atom. The largest absolute Gasteiger partial charge is 0.370 e. The van der Waals surface area contributed by atoms with Gasteiger partial charge in [0, 0.05) is 25.7 Å². The summed E-state index contributed by atoms with van der Waals surface area (Å²) >= 11 is 0. The molecule has 1 unspecified atom stereocenters. The highest BCUT2D eigenvalue weighted by Gasteiger charge is 2.30. The predicted octanol–water partition coefficient (Wildman–Crippen LogP) is 1.68. The zero-order valence-electron chi connectivity index (χ0n) is 12.6. The van der Waals surface area contributed by atoms with Crippen LogP contribution in [0.2, 0.25) is 0 Å². The Kier molecular flexibility index (Phi) is 4.95. The number of aromatic nitrogens is 1. The summed E-state index contributed by atoms with van der Waals surface area (Å²) in [6.45, 7) is 4.57. The number of nitrogens with one attached hydrogen (secondary N) is 1. The van der Waals surface area contributed by atoms with E-state index >= 15 is 0 Å². The molecule has 0 bridgehead atoms. The lowest BCUT2D eigenvalue weighted by atomic mass is 10.2. The van der Waals surface area contributed by atoms with Gasteiger partial charge in [0.15, 0.2) is 0 Å². The van der Waals surface area contributed by atoms with Crippen LogP contribution >= 0.6 is 0 Å². The summed E-state index contributed by atoms with van der Waals surface area (Å²) in [5.74, 6) is 0.816. The van der Waals surface area contributed by atoms with Crippen molar-refractivity contribution in [3.63, 3.8) is 0 Å². The predicted molar refractivity (Wildman–Crippen MR) is 81.0 cm³/mol. The molecule has 2 heterocycles. The number of likely N-dealkylation sites (tertiary alicyclic amines) is 1. The Bertz CT molecular complexity index is 461. The summed E-state index contributed by atoms with van der Waals surface area (Å²) in [5, 5.41) is 3.15. The molecule has 1 aliphatic heterocycles. The number of hydrogen-bond acceptors (Lipinski definition) is 4. The molecule has 1 aliphatic rings. The van der Waals surface area contributed by atoms with E-state index in [0.29, 0.717) is 11.7 Å². The van der Waals surface area contributed by atoms with Crippen molar-refractivity contribution in [1.29, 1.82) is 0 Å². The highest BCUT2D eigenvalue weighted by atomic mass is 16.2. The van der Waals surface area contributed by atoms with Crippen molar-refractivity contribution in [3.8, 4) is 0 Å². The van der Waals surface area contributed by atoms with Crippen LogP contribution in [-0.2, 0) is 0 Å². The molecule has 5 heteroatoms. The first-order chi connectivity index (χ1) is 9.61. The summed E-state index contributed by atoms with van der Waals surface area (Å²) in [7, 11) is 4.09. The minimum Gasteiger partial charge on any atom is -0.370 e. The van der Waals surface area contributed by atoms with Gasteiger partial charge in [-0.25, -0.2) is 4.98 Å². The summed E-state index contributed by atoms with van der Waals surface area (Å²) in [6.07, 6.45) is 2.16. The second-order valence-corrected chi connectivity index (χ2v) is 5.50. The third-order valence-corrected chi connectivity index (χ3v) is 3.54. The minimum atomic E-state index is 0.0501. The zero-order valence-corrected chi connectivity index (χ0v) is 12.6. The van der Waals surface area contributed by atoms with Gasteiger partial charge in [0.2, 0.25) is 0 Å². The molecule has 0 aromatic carbocycles. The van der Waals surface area contributed by atoms with Crippen molar-refractivity contribution in [1.82, 2.24) is 14.8 Å². The van der Waals surface area contributed by atoms with E-state index in [1.54, 1.807) is 6.07 Å². The lowest BCUT2D eigenvalue weighted by Crippen LogP contribution is -2.41. The molecular weight excluding hydrogens is 252 g/mol. The molecule has 0 saturated carbocycles. The average Bonchev–Trinajstić information content (AvgIpc) is 2.86. The minimum absolute atomic E-state index is 0.0501. The molecule has 0 radical (unpaired) electrons. The molecule has 1 amide bonds. The van der Waals surface area contributed by atoms with Crippen LogP contribution < -0.4 is 5.32 Å². The first kappa shape index (κ1) is 14.8. The van der Waals surface area contributed by atoms with Crippen LogP contribution in [0.1, 0.15) is 30.3 Å². The molecule has 1 atom stereocenters. The normalized spacial score (nSPS) is 18.6. The van der Waals surface area contributed by atoms with E-state index in [1.807, 2.05) is 38.1 Å². The number of carbonyl (C=O) groups is 1. The maximum absolute atomic E-state index is 12.6. The van der Waals surface area contributed by atoms with Gasteiger partial charge in [-0.3, -0.25) is 4.79 Å². The van der Waals surface area contributed by atoms with Crippen LogP contribution in [0, 0.1) is 0 Å². The molecule has 5 nitrogen and oxygen atoms in total.